The number of benzene rings is 2. The third kappa shape index (κ3) is 5.33. The largest absolute Gasteiger partial charge is 0.491 e. The molecule has 1 N–H and O–H groups in total. The van der Waals surface area contributed by atoms with Crippen molar-refractivity contribution in [2.24, 2.45) is 5.92 Å². The van der Waals surface area contributed by atoms with Gasteiger partial charge < -0.3 is 10.1 Å². The van der Waals surface area contributed by atoms with Gasteiger partial charge in [0.25, 0.3) is 0 Å². The van der Waals surface area contributed by atoms with Crippen LogP contribution in [0.15, 0.2) is 54.6 Å². The minimum absolute atomic E-state index is 0.0408. The smallest absolute Gasteiger partial charge is 0.228 e. The highest BCUT2D eigenvalue weighted by molar-refractivity contribution is 5.92. The van der Waals surface area contributed by atoms with Gasteiger partial charge in [0.2, 0.25) is 5.91 Å². The van der Waals surface area contributed by atoms with Gasteiger partial charge in [-0.3, -0.25) is 9.69 Å². The Balaban J connectivity index is 1.54. The predicted octanol–water partition coefficient (Wildman–Crippen LogP) is 4.32. The number of nitrogens with one attached hydrogen (secondary N) is 1. The normalized spacial score (nSPS) is 17.9. The molecule has 0 aromatic heterocycles. The lowest BCUT2D eigenvalue weighted by Crippen LogP contribution is -2.40. The van der Waals surface area contributed by atoms with E-state index in [2.05, 4.69) is 34.5 Å². The number of hydrogen-bond acceptors (Lipinski definition) is 3. The van der Waals surface area contributed by atoms with Crippen LogP contribution in [0.25, 0.3) is 0 Å². The van der Waals surface area contributed by atoms with Crippen molar-refractivity contribution in [3.63, 3.8) is 0 Å². The second-order valence-electron chi connectivity index (χ2n) is 7.24. The number of carbonyl (C=O) groups is 1. The average Bonchev–Trinajstić information content (AvgIpc) is 2.64. The Labute approximate surface area is 156 Å². The molecule has 26 heavy (non-hydrogen) atoms. The molecule has 1 fully saturated rings. The molecule has 1 saturated heterocycles. The van der Waals surface area contributed by atoms with Gasteiger partial charge in [0, 0.05) is 18.8 Å². The standard InChI is InChI=1S/C22H28N2O2/c1-17(2)26-21-12-10-20(11-13-21)23-22(25)19-9-6-14-24(16-19)15-18-7-4-3-5-8-18/h3-5,7-8,10-13,17,19H,6,9,14-16H2,1-2H3,(H,23,25). The molecular formula is C22H28N2O2. The minimum atomic E-state index is 0.0408. The lowest BCUT2D eigenvalue weighted by atomic mass is 9.96. The van der Waals surface area contributed by atoms with Gasteiger partial charge in [0.1, 0.15) is 5.75 Å². The molecule has 0 saturated carbocycles. The van der Waals surface area contributed by atoms with E-state index in [1.54, 1.807) is 0 Å². The molecule has 1 aliphatic heterocycles. The Morgan fingerprint density at radius 2 is 1.88 bits per heavy atom. The van der Waals surface area contributed by atoms with Crippen LogP contribution in [-0.4, -0.2) is 30.0 Å². The van der Waals surface area contributed by atoms with Gasteiger partial charge in [-0.05, 0) is 63.1 Å². The first-order valence-corrected chi connectivity index (χ1v) is 9.44. The molecule has 2 aromatic rings. The van der Waals surface area contributed by atoms with E-state index in [4.69, 9.17) is 4.74 Å². The quantitative estimate of drug-likeness (QED) is 0.841. The summed E-state index contributed by atoms with van der Waals surface area (Å²) in [5.41, 5.74) is 2.13. The zero-order valence-electron chi connectivity index (χ0n) is 15.7. The Bertz CT molecular complexity index is 698. The van der Waals surface area contributed by atoms with Gasteiger partial charge in [-0.2, -0.15) is 0 Å². The van der Waals surface area contributed by atoms with Gasteiger partial charge in [-0.15, -0.1) is 0 Å². The second kappa shape index (κ2) is 8.86. The zero-order valence-corrected chi connectivity index (χ0v) is 15.7. The second-order valence-corrected chi connectivity index (χ2v) is 7.24. The first kappa shape index (κ1) is 18.5. The van der Waals surface area contributed by atoms with Crippen LogP contribution in [0.3, 0.4) is 0 Å². The summed E-state index contributed by atoms with van der Waals surface area (Å²) in [4.78, 5) is 15.0. The SMILES string of the molecule is CC(C)Oc1ccc(NC(=O)C2CCCN(Cc3ccccc3)C2)cc1. The van der Waals surface area contributed by atoms with Crippen LogP contribution in [0.5, 0.6) is 5.75 Å². The van der Waals surface area contributed by atoms with E-state index in [0.29, 0.717) is 0 Å². The maximum absolute atomic E-state index is 12.7. The summed E-state index contributed by atoms with van der Waals surface area (Å²) >= 11 is 0. The highest BCUT2D eigenvalue weighted by Crippen LogP contribution is 2.22. The topological polar surface area (TPSA) is 41.6 Å². The third-order valence-corrected chi connectivity index (χ3v) is 4.62. The molecule has 1 heterocycles. The molecule has 1 atom stereocenters. The van der Waals surface area contributed by atoms with Crippen molar-refractivity contribution in [1.29, 1.82) is 0 Å². The number of likely N-dealkylation sites (tertiary alicyclic amines) is 1. The average molecular weight is 352 g/mol. The number of hydrogen-bond donors (Lipinski definition) is 1. The van der Waals surface area contributed by atoms with Crippen LogP contribution in [0.4, 0.5) is 5.69 Å². The van der Waals surface area contributed by atoms with Crippen LogP contribution in [0.2, 0.25) is 0 Å². The van der Waals surface area contributed by atoms with Gasteiger partial charge in [-0.1, -0.05) is 30.3 Å². The minimum Gasteiger partial charge on any atom is -0.491 e. The molecular weight excluding hydrogens is 324 g/mol. The lowest BCUT2D eigenvalue weighted by Gasteiger charge is -2.32. The highest BCUT2D eigenvalue weighted by atomic mass is 16.5. The van der Waals surface area contributed by atoms with Gasteiger partial charge >= 0.3 is 0 Å². The summed E-state index contributed by atoms with van der Waals surface area (Å²) in [6.07, 6.45) is 2.16. The van der Waals surface area contributed by atoms with E-state index >= 15 is 0 Å². The number of piperidine rings is 1. The zero-order chi connectivity index (χ0) is 18.4. The summed E-state index contributed by atoms with van der Waals surface area (Å²) < 4.78 is 5.64. The number of ether oxygens (including phenoxy) is 1. The Kier molecular flexibility index (Phi) is 6.29. The molecule has 0 bridgehead atoms. The van der Waals surface area contributed by atoms with Crippen molar-refractivity contribution in [3.05, 3.63) is 60.2 Å². The molecule has 4 nitrogen and oxygen atoms in total. The number of anilines is 1. The Morgan fingerprint density at radius 1 is 1.15 bits per heavy atom. The van der Waals surface area contributed by atoms with Crippen LogP contribution in [0.1, 0.15) is 32.3 Å². The van der Waals surface area contributed by atoms with E-state index in [1.165, 1.54) is 5.56 Å². The van der Waals surface area contributed by atoms with Crippen molar-refractivity contribution in [1.82, 2.24) is 4.90 Å². The first-order chi connectivity index (χ1) is 12.6. The molecule has 0 spiro atoms. The molecule has 138 valence electrons. The van der Waals surface area contributed by atoms with E-state index in [1.807, 2.05) is 44.2 Å². The number of carbonyl (C=O) groups excluding carboxylic acids is 1. The predicted molar refractivity (Wildman–Crippen MR) is 105 cm³/mol. The molecule has 1 unspecified atom stereocenters. The van der Waals surface area contributed by atoms with Gasteiger partial charge in [0.15, 0.2) is 0 Å². The van der Waals surface area contributed by atoms with Crippen molar-refractivity contribution < 1.29 is 9.53 Å². The maximum atomic E-state index is 12.7. The maximum Gasteiger partial charge on any atom is 0.228 e. The highest BCUT2D eigenvalue weighted by Gasteiger charge is 2.25. The Morgan fingerprint density at radius 3 is 2.58 bits per heavy atom. The van der Waals surface area contributed by atoms with Gasteiger partial charge in [-0.25, -0.2) is 0 Å². The molecule has 3 rings (SSSR count). The lowest BCUT2D eigenvalue weighted by molar-refractivity contribution is -0.121. The summed E-state index contributed by atoms with van der Waals surface area (Å²) in [5, 5.41) is 3.06. The molecule has 1 amide bonds. The summed E-state index contributed by atoms with van der Waals surface area (Å²) in [5.74, 6) is 0.976. The van der Waals surface area contributed by atoms with Crippen LogP contribution >= 0.6 is 0 Å². The van der Waals surface area contributed by atoms with E-state index < -0.39 is 0 Å². The van der Waals surface area contributed by atoms with Crippen LogP contribution in [0, 0.1) is 5.92 Å². The number of nitrogens with zero attached hydrogens (tertiary/aromatic N) is 1. The van der Waals surface area contributed by atoms with Gasteiger partial charge in [0.05, 0.1) is 12.0 Å². The van der Waals surface area contributed by atoms with Crippen molar-refractivity contribution in [3.8, 4) is 5.75 Å². The fourth-order valence-corrected chi connectivity index (χ4v) is 3.39. The third-order valence-electron chi connectivity index (χ3n) is 4.62. The fourth-order valence-electron chi connectivity index (χ4n) is 3.39. The molecule has 2 aromatic carbocycles. The summed E-state index contributed by atoms with van der Waals surface area (Å²) in [7, 11) is 0. The van der Waals surface area contributed by atoms with Crippen LogP contribution in [-0.2, 0) is 11.3 Å². The Hall–Kier alpha value is -2.33. The molecule has 0 radical (unpaired) electrons. The molecule has 0 aliphatic carbocycles. The number of rotatable bonds is 6. The first-order valence-electron chi connectivity index (χ1n) is 9.44. The number of amides is 1. The monoisotopic (exact) mass is 352 g/mol. The van der Waals surface area contributed by atoms with Crippen molar-refractivity contribution in [2.45, 2.75) is 39.3 Å². The van der Waals surface area contributed by atoms with Crippen molar-refractivity contribution in [2.75, 3.05) is 18.4 Å². The summed E-state index contributed by atoms with van der Waals surface area (Å²) in [6, 6.07) is 18.1. The van der Waals surface area contributed by atoms with Crippen LogP contribution < -0.4 is 10.1 Å². The molecule has 1 aliphatic rings. The van der Waals surface area contributed by atoms with Crippen molar-refractivity contribution >= 4 is 11.6 Å². The fraction of sp³-hybridized carbons (Fsp3) is 0.409. The van der Waals surface area contributed by atoms with E-state index in [9.17, 15) is 4.79 Å². The summed E-state index contributed by atoms with van der Waals surface area (Å²) in [6.45, 7) is 6.78. The van der Waals surface area contributed by atoms with E-state index in [0.717, 1.165) is 43.9 Å². The van der Waals surface area contributed by atoms with E-state index in [-0.39, 0.29) is 17.9 Å². The molecule has 4 heteroatoms.